The van der Waals surface area contributed by atoms with Crippen molar-refractivity contribution in [3.8, 4) is 0 Å². The van der Waals surface area contributed by atoms with Crippen LogP contribution in [0, 0.1) is 18.6 Å². The van der Waals surface area contributed by atoms with E-state index >= 15 is 0 Å². The average molecular weight is 357 g/mol. The predicted molar refractivity (Wildman–Crippen MR) is 84.4 cm³/mol. The van der Waals surface area contributed by atoms with Gasteiger partial charge >= 0.3 is 0 Å². The number of aryl methyl sites for hydroxylation is 1. The van der Waals surface area contributed by atoms with Crippen molar-refractivity contribution in [1.82, 2.24) is 0 Å². The minimum atomic E-state index is -1.04. The number of nitrogens with one attached hydrogen (secondary N) is 1. The van der Waals surface area contributed by atoms with Crippen molar-refractivity contribution in [2.24, 2.45) is 5.73 Å². The number of halogens is 3. The highest BCUT2D eigenvalue weighted by Crippen LogP contribution is 2.27. The van der Waals surface area contributed by atoms with E-state index in [9.17, 15) is 8.78 Å². The molecule has 0 unspecified atom stereocenters. The van der Waals surface area contributed by atoms with Crippen LogP contribution in [0.25, 0.3) is 0 Å². The maximum absolute atomic E-state index is 14.0. The van der Waals surface area contributed by atoms with Crippen LogP contribution in [0.15, 0.2) is 34.8 Å². The molecule has 0 saturated heterocycles. The minimum absolute atomic E-state index is 0.0351. The first-order valence-corrected chi connectivity index (χ1v) is 6.91. The molecule has 0 aliphatic heterocycles. The van der Waals surface area contributed by atoms with E-state index < -0.39 is 11.6 Å². The number of hydrogen-bond acceptors (Lipinski definition) is 2. The summed E-state index contributed by atoms with van der Waals surface area (Å²) in [5, 5.41) is 2.85. The van der Waals surface area contributed by atoms with Crippen molar-refractivity contribution in [2.45, 2.75) is 6.92 Å². The van der Waals surface area contributed by atoms with Crippen LogP contribution in [-0.4, -0.2) is 4.99 Å². The third-order valence-corrected chi connectivity index (χ3v) is 3.52. The Morgan fingerprint density at radius 3 is 2.40 bits per heavy atom. The smallest absolute Gasteiger partial charge is 0.182 e. The van der Waals surface area contributed by atoms with Gasteiger partial charge in [-0.3, -0.25) is 0 Å². The highest BCUT2D eigenvalue weighted by Gasteiger charge is 2.15. The molecule has 0 fully saturated rings. The molecule has 2 aromatic carbocycles. The lowest BCUT2D eigenvalue weighted by molar-refractivity contribution is 0.510. The summed E-state index contributed by atoms with van der Waals surface area (Å²) in [4.78, 5) is -0.173. The summed E-state index contributed by atoms with van der Waals surface area (Å²) in [5.41, 5.74) is 6.85. The first-order valence-electron chi connectivity index (χ1n) is 5.71. The zero-order chi connectivity index (χ0) is 14.9. The number of nitrogens with two attached hydrogens (primary N) is 1. The van der Waals surface area contributed by atoms with Crippen LogP contribution in [0.1, 0.15) is 11.1 Å². The number of thiocarbonyl (C=S) groups is 1. The van der Waals surface area contributed by atoms with Crippen molar-refractivity contribution in [3.05, 3.63) is 57.6 Å². The predicted octanol–water partition coefficient (Wildman–Crippen LogP) is 4.41. The maximum Gasteiger partial charge on any atom is 0.182 e. The van der Waals surface area contributed by atoms with E-state index in [1.54, 1.807) is 6.07 Å². The molecule has 0 radical (unpaired) electrons. The van der Waals surface area contributed by atoms with E-state index in [-0.39, 0.29) is 16.2 Å². The first kappa shape index (κ1) is 14.9. The summed E-state index contributed by atoms with van der Waals surface area (Å²) in [6, 6.07) is 8.23. The van der Waals surface area contributed by atoms with Crippen LogP contribution in [0.5, 0.6) is 0 Å². The molecular weight excluding hydrogens is 346 g/mol. The highest BCUT2D eigenvalue weighted by molar-refractivity contribution is 9.10. The third-order valence-electron chi connectivity index (χ3n) is 2.81. The van der Waals surface area contributed by atoms with Gasteiger partial charge in [-0.2, -0.15) is 0 Å². The molecule has 2 rings (SSSR count). The molecule has 0 aromatic heterocycles. The molecule has 2 nitrogen and oxygen atoms in total. The fourth-order valence-electron chi connectivity index (χ4n) is 1.75. The van der Waals surface area contributed by atoms with E-state index in [1.807, 2.05) is 19.1 Å². The van der Waals surface area contributed by atoms with E-state index in [0.717, 1.165) is 10.0 Å². The number of benzene rings is 2. The van der Waals surface area contributed by atoms with Crippen LogP contribution in [-0.2, 0) is 0 Å². The molecular formula is C14H11BrF2N2S. The van der Waals surface area contributed by atoms with E-state index in [2.05, 4.69) is 33.5 Å². The Labute approximate surface area is 129 Å². The van der Waals surface area contributed by atoms with Gasteiger partial charge in [0.2, 0.25) is 0 Å². The van der Waals surface area contributed by atoms with E-state index in [1.165, 1.54) is 12.1 Å². The van der Waals surface area contributed by atoms with Crippen molar-refractivity contribution < 1.29 is 8.78 Å². The lowest BCUT2D eigenvalue weighted by Gasteiger charge is -2.12. The first-order chi connectivity index (χ1) is 9.40. The zero-order valence-electron chi connectivity index (χ0n) is 10.5. The summed E-state index contributed by atoms with van der Waals surface area (Å²) in [7, 11) is 0. The second-order valence-electron chi connectivity index (χ2n) is 4.24. The fraction of sp³-hybridized carbons (Fsp3) is 0.0714. The van der Waals surface area contributed by atoms with Gasteiger partial charge in [0, 0.05) is 15.7 Å². The van der Waals surface area contributed by atoms with Gasteiger partial charge in [0.1, 0.15) is 4.99 Å². The van der Waals surface area contributed by atoms with Crippen LogP contribution < -0.4 is 11.1 Å². The monoisotopic (exact) mass is 356 g/mol. The van der Waals surface area contributed by atoms with E-state index in [0.29, 0.717) is 5.69 Å². The van der Waals surface area contributed by atoms with Crippen molar-refractivity contribution in [2.75, 3.05) is 5.32 Å². The number of hydrogen-bond donors (Lipinski definition) is 2. The van der Waals surface area contributed by atoms with Gasteiger partial charge in [0.05, 0.1) is 5.69 Å². The van der Waals surface area contributed by atoms with Crippen LogP contribution in [0.4, 0.5) is 20.2 Å². The molecule has 0 atom stereocenters. The standard InChI is InChI=1S/C14H11BrF2N2S/c1-7-6-8(15)2-4-10(7)19-11-5-3-9(14(18)20)12(16)13(11)17/h2-6,19H,1H3,(H2,18,20). The topological polar surface area (TPSA) is 38.0 Å². The van der Waals surface area contributed by atoms with Crippen molar-refractivity contribution in [3.63, 3.8) is 0 Å². The summed E-state index contributed by atoms with van der Waals surface area (Å²) >= 11 is 8.01. The molecule has 0 heterocycles. The number of anilines is 2. The van der Waals surface area contributed by atoms with Gasteiger partial charge in [0.25, 0.3) is 0 Å². The molecule has 2 aromatic rings. The molecule has 0 saturated carbocycles. The second kappa shape index (κ2) is 5.85. The normalized spacial score (nSPS) is 10.4. The van der Waals surface area contributed by atoms with Gasteiger partial charge in [0.15, 0.2) is 11.6 Å². The Morgan fingerprint density at radius 2 is 1.80 bits per heavy atom. The van der Waals surface area contributed by atoms with E-state index in [4.69, 9.17) is 5.73 Å². The van der Waals surface area contributed by atoms with Crippen molar-refractivity contribution >= 4 is 44.5 Å². The summed E-state index contributed by atoms with van der Waals surface area (Å²) in [6.07, 6.45) is 0. The lowest BCUT2D eigenvalue weighted by Crippen LogP contribution is -2.13. The molecule has 0 aliphatic rings. The Balaban J connectivity index is 2.39. The molecule has 0 bridgehead atoms. The quantitative estimate of drug-likeness (QED) is 0.799. The molecule has 3 N–H and O–H groups in total. The summed E-state index contributed by atoms with van der Waals surface area (Å²) < 4.78 is 28.7. The molecule has 0 spiro atoms. The highest BCUT2D eigenvalue weighted by atomic mass is 79.9. The average Bonchev–Trinajstić information content (AvgIpc) is 2.37. The van der Waals surface area contributed by atoms with Crippen LogP contribution in [0.3, 0.4) is 0 Å². The molecule has 20 heavy (non-hydrogen) atoms. The Hall–Kier alpha value is -1.53. The largest absolute Gasteiger partial charge is 0.389 e. The van der Waals surface area contributed by atoms with Gasteiger partial charge in [-0.25, -0.2) is 8.78 Å². The van der Waals surface area contributed by atoms with Crippen molar-refractivity contribution in [1.29, 1.82) is 0 Å². The summed E-state index contributed by atoms with van der Waals surface area (Å²) in [5.74, 6) is -2.05. The third kappa shape index (κ3) is 2.96. The Kier molecular flexibility index (Phi) is 4.35. The number of rotatable bonds is 3. The Morgan fingerprint density at radius 1 is 1.15 bits per heavy atom. The zero-order valence-corrected chi connectivity index (χ0v) is 12.9. The van der Waals surface area contributed by atoms with Crippen LogP contribution in [0.2, 0.25) is 0 Å². The molecule has 104 valence electrons. The van der Waals surface area contributed by atoms with Gasteiger partial charge in [-0.05, 0) is 42.8 Å². The van der Waals surface area contributed by atoms with Gasteiger partial charge in [-0.1, -0.05) is 28.1 Å². The second-order valence-corrected chi connectivity index (χ2v) is 5.59. The van der Waals surface area contributed by atoms with Gasteiger partial charge in [-0.15, -0.1) is 0 Å². The maximum atomic E-state index is 14.0. The fourth-order valence-corrected chi connectivity index (χ4v) is 2.38. The molecule has 6 heteroatoms. The van der Waals surface area contributed by atoms with Gasteiger partial charge < -0.3 is 11.1 Å². The summed E-state index contributed by atoms with van der Waals surface area (Å²) in [6.45, 7) is 1.87. The minimum Gasteiger partial charge on any atom is -0.389 e. The SMILES string of the molecule is Cc1cc(Br)ccc1Nc1ccc(C(N)=S)c(F)c1F. The lowest BCUT2D eigenvalue weighted by atomic mass is 10.1. The molecule has 0 aliphatic carbocycles. The van der Waals surface area contributed by atoms with Crippen LogP contribution >= 0.6 is 28.1 Å². The molecule has 0 amide bonds. The Bertz CT molecular complexity index is 689.